The number of rotatable bonds is 5. The van der Waals surface area contributed by atoms with Crippen molar-refractivity contribution in [1.82, 2.24) is 0 Å². The Bertz CT molecular complexity index is 593. The van der Waals surface area contributed by atoms with Gasteiger partial charge in [-0.25, -0.2) is 0 Å². The second-order valence-electron chi connectivity index (χ2n) is 5.76. The number of carbonyl (C=O) groups is 1. The Morgan fingerprint density at radius 3 is 2.14 bits per heavy atom. The van der Waals surface area contributed by atoms with Crippen LogP contribution >= 0.6 is 0 Å². The van der Waals surface area contributed by atoms with Crippen molar-refractivity contribution in [2.45, 2.75) is 52.9 Å². The summed E-state index contributed by atoms with van der Waals surface area (Å²) in [6.07, 6.45) is 1.72. The molecule has 118 valence electrons. The van der Waals surface area contributed by atoms with Crippen molar-refractivity contribution in [3.05, 3.63) is 46.1 Å². The zero-order chi connectivity index (χ0) is 16.9. The van der Waals surface area contributed by atoms with E-state index in [0.717, 1.165) is 0 Å². The van der Waals surface area contributed by atoms with Crippen LogP contribution in [0.25, 0.3) is 10.9 Å². The third-order valence-electron chi connectivity index (χ3n) is 3.32. The van der Waals surface area contributed by atoms with Crippen LogP contribution in [-0.2, 0) is 9.53 Å². The molecule has 0 aromatic heterocycles. The molecular formula is C18H22NO3-. The van der Waals surface area contributed by atoms with Crippen molar-refractivity contribution in [1.29, 1.82) is 0 Å². The first-order valence-electron chi connectivity index (χ1n) is 7.44. The predicted octanol–water partition coefficient (Wildman–Crippen LogP) is 4.18. The molecule has 0 amide bonds. The molecule has 22 heavy (non-hydrogen) atoms. The smallest absolute Gasteiger partial charge is 0.348 e. The SMILES string of the molecule is [C-]#[N+]C(=Cc1cc(C(C)C)c([O-])c(C(C)C)c1)OC(=O)CC. The fourth-order valence-corrected chi connectivity index (χ4v) is 2.06. The second-order valence-corrected chi connectivity index (χ2v) is 5.76. The average molecular weight is 300 g/mol. The van der Waals surface area contributed by atoms with Gasteiger partial charge in [0, 0.05) is 6.42 Å². The highest BCUT2D eigenvalue weighted by molar-refractivity contribution is 5.72. The van der Waals surface area contributed by atoms with E-state index in [0.29, 0.717) is 16.7 Å². The van der Waals surface area contributed by atoms with E-state index in [4.69, 9.17) is 11.3 Å². The monoisotopic (exact) mass is 300 g/mol. The van der Waals surface area contributed by atoms with Gasteiger partial charge in [0.1, 0.15) is 0 Å². The summed E-state index contributed by atoms with van der Waals surface area (Å²) in [4.78, 5) is 14.6. The summed E-state index contributed by atoms with van der Waals surface area (Å²) in [5.41, 5.74) is 2.13. The van der Waals surface area contributed by atoms with E-state index in [1.54, 1.807) is 19.1 Å². The van der Waals surface area contributed by atoms with Gasteiger partial charge >= 0.3 is 5.88 Å². The Labute approximate surface area is 132 Å². The van der Waals surface area contributed by atoms with Crippen molar-refractivity contribution in [3.8, 4) is 5.75 Å². The van der Waals surface area contributed by atoms with E-state index in [2.05, 4.69) is 4.85 Å². The second kappa shape index (κ2) is 7.65. The van der Waals surface area contributed by atoms with E-state index in [1.807, 2.05) is 27.7 Å². The molecule has 0 saturated carbocycles. The Hall–Kier alpha value is -2.28. The quantitative estimate of drug-likeness (QED) is 0.466. The number of carbonyl (C=O) groups excluding carboxylic acids is 1. The van der Waals surface area contributed by atoms with Crippen LogP contribution in [0, 0.1) is 6.57 Å². The molecule has 0 N–H and O–H groups in total. The minimum Gasteiger partial charge on any atom is -0.872 e. The van der Waals surface area contributed by atoms with E-state index in [1.165, 1.54) is 6.08 Å². The van der Waals surface area contributed by atoms with E-state index >= 15 is 0 Å². The van der Waals surface area contributed by atoms with E-state index in [9.17, 15) is 9.90 Å². The molecule has 0 spiro atoms. The van der Waals surface area contributed by atoms with Gasteiger partial charge in [-0.05, 0) is 23.5 Å². The number of nitrogens with zero attached hydrogens (tertiary/aromatic N) is 1. The molecule has 1 rings (SSSR count). The highest BCUT2D eigenvalue weighted by atomic mass is 16.5. The molecule has 0 saturated heterocycles. The normalized spacial score (nSPS) is 11.6. The maximum atomic E-state index is 12.4. The Balaban J connectivity index is 3.35. The summed E-state index contributed by atoms with van der Waals surface area (Å²) in [7, 11) is 0. The zero-order valence-corrected chi connectivity index (χ0v) is 13.8. The van der Waals surface area contributed by atoms with Crippen LogP contribution in [0.15, 0.2) is 18.0 Å². The van der Waals surface area contributed by atoms with Gasteiger partial charge in [-0.2, -0.15) is 4.85 Å². The van der Waals surface area contributed by atoms with Gasteiger partial charge in [0.05, 0.1) is 6.57 Å². The first kappa shape index (κ1) is 17.8. The summed E-state index contributed by atoms with van der Waals surface area (Å²) in [5, 5.41) is 12.4. The Morgan fingerprint density at radius 2 is 1.77 bits per heavy atom. The first-order valence-corrected chi connectivity index (χ1v) is 7.44. The van der Waals surface area contributed by atoms with Gasteiger partial charge in [-0.3, -0.25) is 4.79 Å². The fraction of sp³-hybridized carbons (Fsp3) is 0.444. The summed E-state index contributed by atoms with van der Waals surface area (Å²) >= 11 is 0. The summed E-state index contributed by atoms with van der Waals surface area (Å²) in [6.45, 7) is 16.6. The van der Waals surface area contributed by atoms with Crippen molar-refractivity contribution in [3.63, 3.8) is 0 Å². The fourth-order valence-electron chi connectivity index (χ4n) is 2.06. The van der Waals surface area contributed by atoms with Crippen molar-refractivity contribution in [2.24, 2.45) is 0 Å². The van der Waals surface area contributed by atoms with Crippen LogP contribution in [0.1, 0.15) is 69.6 Å². The maximum Gasteiger partial charge on any atom is 0.348 e. The van der Waals surface area contributed by atoms with Crippen LogP contribution < -0.4 is 5.11 Å². The third kappa shape index (κ3) is 4.36. The first-order chi connectivity index (χ1) is 10.3. The lowest BCUT2D eigenvalue weighted by atomic mass is 9.91. The number of benzene rings is 1. The molecule has 0 bridgehead atoms. The molecule has 1 aromatic carbocycles. The number of hydrogen-bond donors (Lipinski definition) is 0. The van der Waals surface area contributed by atoms with Gasteiger partial charge in [0.25, 0.3) is 5.97 Å². The number of esters is 1. The van der Waals surface area contributed by atoms with Crippen LogP contribution in [-0.4, -0.2) is 5.97 Å². The van der Waals surface area contributed by atoms with Crippen LogP contribution in [0.2, 0.25) is 0 Å². The van der Waals surface area contributed by atoms with Crippen LogP contribution in [0.3, 0.4) is 0 Å². The van der Waals surface area contributed by atoms with E-state index in [-0.39, 0.29) is 29.9 Å². The lowest BCUT2D eigenvalue weighted by molar-refractivity contribution is -0.270. The van der Waals surface area contributed by atoms with Gasteiger partial charge in [-0.1, -0.05) is 57.9 Å². The largest absolute Gasteiger partial charge is 0.872 e. The van der Waals surface area contributed by atoms with Crippen molar-refractivity contribution in [2.75, 3.05) is 0 Å². The molecule has 0 aliphatic carbocycles. The predicted molar refractivity (Wildman–Crippen MR) is 85.0 cm³/mol. The lowest BCUT2D eigenvalue weighted by Crippen LogP contribution is -2.06. The van der Waals surface area contributed by atoms with Gasteiger partial charge in [0.2, 0.25) is 0 Å². The minimum absolute atomic E-state index is 0.0528. The van der Waals surface area contributed by atoms with E-state index < -0.39 is 5.97 Å². The molecule has 0 fully saturated rings. The zero-order valence-electron chi connectivity index (χ0n) is 13.8. The van der Waals surface area contributed by atoms with Gasteiger partial charge < -0.3 is 9.84 Å². The lowest BCUT2D eigenvalue weighted by Gasteiger charge is -2.24. The minimum atomic E-state index is -0.448. The number of hydrogen-bond acceptors (Lipinski definition) is 3. The molecule has 1 aromatic rings. The Kier molecular flexibility index (Phi) is 6.18. The molecular weight excluding hydrogens is 278 g/mol. The highest BCUT2D eigenvalue weighted by Crippen LogP contribution is 2.33. The topological polar surface area (TPSA) is 53.7 Å². The van der Waals surface area contributed by atoms with Crippen LogP contribution in [0.4, 0.5) is 0 Å². The highest BCUT2D eigenvalue weighted by Gasteiger charge is 2.11. The molecule has 0 heterocycles. The number of ether oxygens (including phenoxy) is 1. The maximum absolute atomic E-state index is 12.4. The van der Waals surface area contributed by atoms with Gasteiger partial charge in [0.15, 0.2) is 0 Å². The standard InChI is InChI=1S/C18H23NO3/c1-7-17(20)22-16(19-6)10-13-8-14(11(2)3)18(21)15(9-13)12(4)5/h8-12,21H,7H2,1-5H3/p-1. The molecule has 4 heteroatoms. The van der Waals surface area contributed by atoms with Gasteiger partial charge in [-0.15, -0.1) is 5.75 Å². The molecule has 0 atom stereocenters. The molecule has 0 aliphatic rings. The summed E-state index contributed by atoms with van der Waals surface area (Å²) < 4.78 is 4.97. The average Bonchev–Trinajstić information content (AvgIpc) is 2.47. The molecule has 4 nitrogen and oxygen atoms in total. The molecule has 0 radical (unpaired) electrons. The Morgan fingerprint density at radius 1 is 1.27 bits per heavy atom. The van der Waals surface area contributed by atoms with Crippen molar-refractivity contribution < 1.29 is 14.6 Å². The summed E-state index contributed by atoms with van der Waals surface area (Å²) in [5.74, 6) is -0.288. The van der Waals surface area contributed by atoms with Crippen LogP contribution in [0.5, 0.6) is 5.75 Å². The molecule has 0 aliphatic heterocycles. The van der Waals surface area contributed by atoms with Crippen molar-refractivity contribution >= 4 is 12.0 Å². The summed E-state index contributed by atoms with van der Waals surface area (Å²) in [6, 6.07) is 3.54. The third-order valence-corrected chi connectivity index (χ3v) is 3.32. The molecule has 0 unspecified atom stereocenters.